The van der Waals surface area contributed by atoms with Crippen molar-refractivity contribution in [3.63, 3.8) is 0 Å². The van der Waals surface area contributed by atoms with Gasteiger partial charge in [-0.3, -0.25) is 20.4 Å². The standard InChI is InChI=1S/C15H19F3N2O6/c1-14(23,15(16,17)18)7-11(21)19-20-13(22)8-5-9(24-2)12(26-4)10(6-8)25-3/h5-6,23H,7H2,1-4H3,(H,19,21)(H,20,22)/t14-/m0/s1. The lowest BCUT2D eigenvalue weighted by atomic mass is 10.0. The summed E-state index contributed by atoms with van der Waals surface area (Å²) in [7, 11) is 4.03. The van der Waals surface area contributed by atoms with Gasteiger partial charge in [0.05, 0.1) is 27.8 Å². The highest BCUT2D eigenvalue weighted by atomic mass is 19.4. The Morgan fingerprint density at radius 2 is 1.54 bits per heavy atom. The minimum Gasteiger partial charge on any atom is -0.493 e. The molecule has 0 fully saturated rings. The molecule has 0 spiro atoms. The van der Waals surface area contributed by atoms with Gasteiger partial charge in [0.15, 0.2) is 17.1 Å². The van der Waals surface area contributed by atoms with Crippen molar-refractivity contribution in [2.45, 2.75) is 25.1 Å². The molecule has 0 heterocycles. The average molecular weight is 380 g/mol. The Bertz CT molecular complexity index is 651. The first-order valence-corrected chi connectivity index (χ1v) is 7.15. The fraction of sp³-hybridized carbons (Fsp3) is 0.467. The highest BCUT2D eigenvalue weighted by Gasteiger charge is 2.51. The Morgan fingerprint density at radius 1 is 1.04 bits per heavy atom. The molecule has 0 radical (unpaired) electrons. The van der Waals surface area contributed by atoms with Crippen LogP contribution in [0, 0.1) is 0 Å². The minimum atomic E-state index is -4.99. The van der Waals surface area contributed by atoms with E-state index < -0.39 is 30.0 Å². The van der Waals surface area contributed by atoms with Crippen LogP contribution in [0.3, 0.4) is 0 Å². The summed E-state index contributed by atoms with van der Waals surface area (Å²) in [6.45, 7) is 0.452. The topological polar surface area (TPSA) is 106 Å². The summed E-state index contributed by atoms with van der Waals surface area (Å²) in [5.74, 6) is -1.50. The number of benzene rings is 1. The molecule has 0 aromatic heterocycles. The summed E-state index contributed by atoms with van der Waals surface area (Å²) in [6, 6.07) is 2.57. The van der Waals surface area contributed by atoms with Crippen molar-refractivity contribution in [2.75, 3.05) is 21.3 Å². The average Bonchev–Trinajstić information content (AvgIpc) is 2.56. The molecule has 11 heteroatoms. The number of carbonyl (C=O) groups is 2. The maximum absolute atomic E-state index is 12.5. The zero-order valence-corrected chi connectivity index (χ0v) is 14.5. The third-order valence-electron chi connectivity index (χ3n) is 3.36. The van der Waals surface area contributed by atoms with E-state index in [1.54, 1.807) is 5.43 Å². The molecule has 3 N–H and O–H groups in total. The van der Waals surface area contributed by atoms with Crippen LogP contribution in [0.2, 0.25) is 0 Å². The van der Waals surface area contributed by atoms with Crippen LogP contribution in [0.5, 0.6) is 17.2 Å². The van der Waals surface area contributed by atoms with Crippen LogP contribution in [0.15, 0.2) is 12.1 Å². The van der Waals surface area contributed by atoms with Gasteiger partial charge < -0.3 is 19.3 Å². The van der Waals surface area contributed by atoms with Crippen LogP contribution in [-0.4, -0.2) is 50.0 Å². The predicted octanol–water partition coefficient (Wildman–Crippen LogP) is 1.18. The highest BCUT2D eigenvalue weighted by Crippen LogP contribution is 2.38. The Labute approximate surface area is 147 Å². The summed E-state index contributed by atoms with van der Waals surface area (Å²) < 4.78 is 52.8. The third kappa shape index (κ3) is 4.91. The number of hydrogen-bond acceptors (Lipinski definition) is 6. The Hall–Kier alpha value is -2.69. The van der Waals surface area contributed by atoms with Crippen molar-refractivity contribution in [1.29, 1.82) is 0 Å². The third-order valence-corrected chi connectivity index (χ3v) is 3.36. The monoisotopic (exact) mass is 380 g/mol. The van der Waals surface area contributed by atoms with E-state index in [0.717, 1.165) is 0 Å². The lowest BCUT2D eigenvalue weighted by Gasteiger charge is -2.25. The summed E-state index contributed by atoms with van der Waals surface area (Å²) in [5, 5.41) is 9.25. The molecule has 146 valence electrons. The van der Waals surface area contributed by atoms with Gasteiger partial charge in [0, 0.05) is 5.56 Å². The van der Waals surface area contributed by atoms with Gasteiger partial charge in [-0.1, -0.05) is 0 Å². The first kappa shape index (κ1) is 21.4. The summed E-state index contributed by atoms with van der Waals surface area (Å²) in [4.78, 5) is 23.6. The maximum Gasteiger partial charge on any atom is 0.417 e. The van der Waals surface area contributed by atoms with Gasteiger partial charge in [-0.15, -0.1) is 0 Å². The van der Waals surface area contributed by atoms with Gasteiger partial charge in [0.1, 0.15) is 0 Å². The molecular weight excluding hydrogens is 361 g/mol. The fourth-order valence-electron chi connectivity index (χ4n) is 1.87. The van der Waals surface area contributed by atoms with E-state index in [0.29, 0.717) is 6.92 Å². The molecule has 0 aliphatic rings. The predicted molar refractivity (Wildman–Crippen MR) is 83.0 cm³/mol. The first-order valence-electron chi connectivity index (χ1n) is 7.15. The van der Waals surface area contributed by atoms with Gasteiger partial charge in [-0.25, -0.2) is 0 Å². The van der Waals surface area contributed by atoms with Crippen molar-refractivity contribution < 1.29 is 42.1 Å². The van der Waals surface area contributed by atoms with Crippen molar-refractivity contribution in [3.05, 3.63) is 17.7 Å². The van der Waals surface area contributed by atoms with Gasteiger partial charge >= 0.3 is 6.18 Å². The first-order chi connectivity index (χ1) is 12.0. The van der Waals surface area contributed by atoms with Crippen molar-refractivity contribution in [3.8, 4) is 17.2 Å². The number of rotatable bonds is 6. The van der Waals surface area contributed by atoms with E-state index >= 15 is 0 Å². The van der Waals surface area contributed by atoms with Gasteiger partial charge in [-0.2, -0.15) is 13.2 Å². The molecule has 1 aromatic carbocycles. The van der Waals surface area contributed by atoms with Crippen molar-refractivity contribution in [2.24, 2.45) is 0 Å². The smallest absolute Gasteiger partial charge is 0.417 e. The summed E-state index contributed by atoms with van der Waals surface area (Å²) >= 11 is 0. The number of hydrazine groups is 1. The minimum absolute atomic E-state index is 0.0117. The van der Waals surface area contributed by atoms with Crippen molar-refractivity contribution >= 4 is 11.8 Å². The Balaban J connectivity index is 2.84. The highest BCUT2D eigenvalue weighted by molar-refractivity contribution is 5.96. The zero-order valence-electron chi connectivity index (χ0n) is 14.5. The molecule has 0 saturated heterocycles. The van der Waals surface area contributed by atoms with E-state index in [2.05, 4.69) is 0 Å². The molecule has 2 amide bonds. The Kier molecular flexibility index (Phi) is 6.67. The summed E-state index contributed by atoms with van der Waals surface area (Å²) in [5.41, 5.74) is 0.506. The quantitative estimate of drug-likeness (QED) is 0.640. The number of methoxy groups -OCH3 is 3. The van der Waals surface area contributed by atoms with Crippen LogP contribution >= 0.6 is 0 Å². The van der Waals surface area contributed by atoms with E-state index in [9.17, 15) is 27.9 Å². The lowest BCUT2D eigenvalue weighted by Crippen LogP contribution is -2.49. The van der Waals surface area contributed by atoms with Gasteiger partial charge in [-0.05, 0) is 19.1 Å². The number of hydrogen-bond donors (Lipinski definition) is 3. The van der Waals surface area contributed by atoms with E-state index in [-0.39, 0.29) is 22.8 Å². The molecule has 0 bridgehead atoms. The van der Waals surface area contributed by atoms with Crippen LogP contribution < -0.4 is 25.1 Å². The van der Waals surface area contributed by atoms with E-state index in [1.807, 2.05) is 5.43 Å². The van der Waals surface area contributed by atoms with Crippen LogP contribution in [0.4, 0.5) is 13.2 Å². The number of halogens is 3. The molecule has 1 rings (SSSR count). The van der Waals surface area contributed by atoms with Gasteiger partial charge in [0.25, 0.3) is 5.91 Å². The number of amides is 2. The maximum atomic E-state index is 12.5. The fourth-order valence-corrected chi connectivity index (χ4v) is 1.87. The second-order valence-corrected chi connectivity index (χ2v) is 5.36. The van der Waals surface area contributed by atoms with E-state index in [1.165, 1.54) is 33.5 Å². The molecular formula is C15H19F3N2O6. The molecule has 8 nitrogen and oxygen atoms in total. The molecule has 1 atom stereocenters. The number of alkyl halides is 3. The zero-order chi connectivity index (χ0) is 20.1. The number of ether oxygens (including phenoxy) is 3. The van der Waals surface area contributed by atoms with Crippen LogP contribution in [-0.2, 0) is 4.79 Å². The van der Waals surface area contributed by atoms with Crippen LogP contribution in [0.1, 0.15) is 23.7 Å². The number of carbonyl (C=O) groups excluding carboxylic acids is 2. The largest absolute Gasteiger partial charge is 0.493 e. The number of aliphatic hydroxyl groups is 1. The molecule has 0 aliphatic heterocycles. The molecule has 0 saturated carbocycles. The number of nitrogens with one attached hydrogen (secondary N) is 2. The molecule has 0 aliphatic carbocycles. The second kappa shape index (κ2) is 8.13. The molecule has 0 unspecified atom stereocenters. The van der Waals surface area contributed by atoms with Gasteiger partial charge in [0.2, 0.25) is 11.7 Å². The molecule has 1 aromatic rings. The Morgan fingerprint density at radius 3 is 1.92 bits per heavy atom. The van der Waals surface area contributed by atoms with Crippen LogP contribution in [0.25, 0.3) is 0 Å². The van der Waals surface area contributed by atoms with E-state index in [4.69, 9.17) is 14.2 Å². The second-order valence-electron chi connectivity index (χ2n) is 5.36. The SMILES string of the molecule is COc1cc(C(=O)NNC(=O)C[C@](C)(O)C(F)(F)F)cc(OC)c1OC. The van der Waals surface area contributed by atoms with Crippen molar-refractivity contribution in [1.82, 2.24) is 10.9 Å². The normalized spacial score (nSPS) is 13.4. The summed E-state index contributed by atoms with van der Waals surface area (Å²) in [6.07, 6.45) is -6.28. The molecule has 26 heavy (non-hydrogen) atoms. The lowest BCUT2D eigenvalue weighted by molar-refractivity contribution is -0.253.